The van der Waals surface area contributed by atoms with Gasteiger partial charge in [0.25, 0.3) is 0 Å². The van der Waals surface area contributed by atoms with Crippen molar-refractivity contribution in [1.29, 1.82) is 0 Å². The van der Waals surface area contributed by atoms with Gasteiger partial charge in [-0.1, -0.05) is 12.2 Å². The molecule has 4 N–H and O–H groups in total. The number of nitrogens with two attached hydrogens (primary N) is 2. The van der Waals surface area contributed by atoms with Crippen LogP contribution in [0.15, 0.2) is 24.3 Å². The quantitative estimate of drug-likeness (QED) is 0.692. The summed E-state index contributed by atoms with van der Waals surface area (Å²) in [7, 11) is 0. The van der Waals surface area contributed by atoms with E-state index in [0.717, 1.165) is 25.7 Å². The molecule has 1 fully saturated rings. The van der Waals surface area contributed by atoms with Crippen molar-refractivity contribution in [1.82, 2.24) is 0 Å². The van der Waals surface area contributed by atoms with Crippen LogP contribution in [0.1, 0.15) is 25.7 Å². The zero-order valence-corrected chi connectivity index (χ0v) is 9.26. The van der Waals surface area contributed by atoms with E-state index in [1.54, 1.807) is 0 Å². The molecule has 0 saturated heterocycles. The van der Waals surface area contributed by atoms with Crippen molar-refractivity contribution in [2.24, 2.45) is 23.3 Å². The molecule has 0 bridgehead atoms. The van der Waals surface area contributed by atoms with E-state index in [1.165, 1.54) is 12.2 Å². The van der Waals surface area contributed by atoms with E-state index in [4.69, 9.17) is 11.5 Å². The van der Waals surface area contributed by atoms with E-state index in [2.05, 4.69) is 0 Å². The molecule has 2 amide bonds. The van der Waals surface area contributed by atoms with Gasteiger partial charge in [0.05, 0.1) is 0 Å². The summed E-state index contributed by atoms with van der Waals surface area (Å²) in [6, 6.07) is 0. The maximum atomic E-state index is 10.6. The van der Waals surface area contributed by atoms with E-state index < -0.39 is 11.8 Å². The minimum atomic E-state index is -0.393. The molecule has 1 aliphatic carbocycles. The average molecular weight is 222 g/mol. The van der Waals surface area contributed by atoms with Gasteiger partial charge in [0.1, 0.15) is 0 Å². The lowest BCUT2D eigenvalue weighted by molar-refractivity contribution is -0.114. The highest BCUT2D eigenvalue weighted by molar-refractivity contribution is 5.86. The van der Waals surface area contributed by atoms with Crippen LogP contribution in [0.2, 0.25) is 0 Å². The summed E-state index contributed by atoms with van der Waals surface area (Å²) in [4.78, 5) is 21.1. The van der Waals surface area contributed by atoms with Crippen molar-refractivity contribution in [2.75, 3.05) is 0 Å². The molecule has 0 aromatic rings. The molecule has 4 nitrogen and oxygen atoms in total. The van der Waals surface area contributed by atoms with E-state index in [9.17, 15) is 9.59 Å². The standard InChI is InChI=1S/C12H18N2O2/c13-11(15)7-5-9-1-2-10(4-3-9)6-8-12(14)16/h5-10H,1-4H2,(H2,13,15)(H2,14,16). The SMILES string of the molecule is NC(=O)C=CC1CCC(C=CC(N)=O)CC1. The van der Waals surface area contributed by atoms with Gasteiger partial charge in [-0.25, -0.2) is 0 Å². The molecule has 0 spiro atoms. The zero-order chi connectivity index (χ0) is 12.0. The molecule has 1 aliphatic rings. The van der Waals surface area contributed by atoms with Gasteiger partial charge in [-0.15, -0.1) is 0 Å². The zero-order valence-electron chi connectivity index (χ0n) is 9.26. The second kappa shape index (κ2) is 6.10. The summed E-state index contributed by atoms with van der Waals surface area (Å²) >= 11 is 0. The number of amides is 2. The molecular weight excluding hydrogens is 204 g/mol. The van der Waals surface area contributed by atoms with Crippen LogP contribution in [0.25, 0.3) is 0 Å². The maximum absolute atomic E-state index is 10.6. The second-order valence-corrected chi connectivity index (χ2v) is 4.20. The van der Waals surface area contributed by atoms with Crippen molar-refractivity contribution < 1.29 is 9.59 Å². The molecule has 1 rings (SSSR count). The molecule has 16 heavy (non-hydrogen) atoms. The first-order valence-corrected chi connectivity index (χ1v) is 5.53. The van der Waals surface area contributed by atoms with Crippen LogP contribution >= 0.6 is 0 Å². The summed E-state index contributed by atoms with van der Waals surface area (Å²) in [5.41, 5.74) is 10.1. The number of carbonyl (C=O) groups is 2. The lowest BCUT2D eigenvalue weighted by Gasteiger charge is -2.24. The third kappa shape index (κ3) is 4.77. The van der Waals surface area contributed by atoms with Gasteiger partial charge in [0, 0.05) is 0 Å². The first kappa shape index (κ1) is 12.5. The smallest absolute Gasteiger partial charge is 0.241 e. The Labute approximate surface area is 95.4 Å². The molecular formula is C12H18N2O2. The summed E-state index contributed by atoms with van der Waals surface area (Å²) in [5.74, 6) is 0.0861. The maximum Gasteiger partial charge on any atom is 0.241 e. The fraction of sp³-hybridized carbons (Fsp3) is 0.500. The van der Waals surface area contributed by atoms with Crippen molar-refractivity contribution in [2.45, 2.75) is 25.7 Å². The molecule has 0 unspecified atom stereocenters. The van der Waals surface area contributed by atoms with Crippen LogP contribution in [-0.4, -0.2) is 11.8 Å². The second-order valence-electron chi connectivity index (χ2n) is 4.20. The van der Waals surface area contributed by atoms with Crippen LogP contribution in [0, 0.1) is 11.8 Å². The first-order valence-electron chi connectivity index (χ1n) is 5.53. The number of primary amides is 2. The molecule has 0 aliphatic heterocycles. The molecule has 0 heterocycles. The van der Waals surface area contributed by atoms with Crippen LogP contribution in [0.4, 0.5) is 0 Å². The Morgan fingerprint density at radius 1 is 0.812 bits per heavy atom. The largest absolute Gasteiger partial charge is 0.366 e. The Kier molecular flexibility index (Phi) is 4.76. The third-order valence-electron chi connectivity index (χ3n) is 2.88. The van der Waals surface area contributed by atoms with Crippen LogP contribution in [-0.2, 0) is 9.59 Å². The Morgan fingerprint density at radius 3 is 1.38 bits per heavy atom. The topological polar surface area (TPSA) is 86.2 Å². The number of hydrogen-bond acceptors (Lipinski definition) is 2. The minimum Gasteiger partial charge on any atom is -0.366 e. The van der Waals surface area contributed by atoms with Gasteiger partial charge in [-0.3, -0.25) is 9.59 Å². The van der Waals surface area contributed by atoms with Crippen LogP contribution < -0.4 is 11.5 Å². The van der Waals surface area contributed by atoms with E-state index >= 15 is 0 Å². The minimum absolute atomic E-state index is 0.393. The molecule has 4 heteroatoms. The molecule has 0 atom stereocenters. The van der Waals surface area contributed by atoms with Gasteiger partial charge in [-0.2, -0.15) is 0 Å². The molecule has 88 valence electrons. The molecule has 0 radical (unpaired) electrons. The van der Waals surface area contributed by atoms with E-state index in [0.29, 0.717) is 11.8 Å². The summed E-state index contributed by atoms with van der Waals surface area (Å²) < 4.78 is 0. The predicted octanol–water partition coefficient (Wildman–Crippen LogP) is 0.876. The molecule has 0 aromatic carbocycles. The van der Waals surface area contributed by atoms with Crippen LogP contribution in [0.3, 0.4) is 0 Å². The average Bonchev–Trinajstić information content (AvgIpc) is 2.25. The fourth-order valence-electron chi connectivity index (χ4n) is 1.99. The number of hydrogen-bond donors (Lipinski definition) is 2. The number of carbonyl (C=O) groups excluding carboxylic acids is 2. The van der Waals surface area contributed by atoms with Crippen molar-refractivity contribution in [3.05, 3.63) is 24.3 Å². The lowest BCUT2D eigenvalue weighted by Crippen LogP contribution is -2.14. The van der Waals surface area contributed by atoms with Crippen molar-refractivity contribution in [3.8, 4) is 0 Å². The summed E-state index contributed by atoms with van der Waals surface area (Å²) in [6.45, 7) is 0. The number of allylic oxidation sites excluding steroid dienone is 2. The Balaban J connectivity index is 2.34. The first-order chi connectivity index (χ1) is 7.58. The van der Waals surface area contributed by atoms with Crippen molar-refractivity contribution >= 4 is 11.8 Å². The molecule has 0 aromatic heterocycles. The summed E-state index contributed by atoms with van der Waals surface area (Å²) in [6.07, 6.45) is 10.7. The highest BCUT2D eigenvalue weighted by atomic mass is 16.1. The monoisotopic (exact) mass is 222 g/mol. The fourth-order valence-corrected chi connectivity index (χ4v) is 1.99. The van der Waals surface area contributed by atoms with E-state index in [-0.39, 0.29) is 0 Å². The molecule has 1 saturated carbocycles. The van der Waals surface area contributed by atoms with Gasteiger partial charge >= 0.3 is 0 Å². The lowest BCUT2D eigenvalue weighted by atomic mass is 9.81. The normalized spacial score (nSPS) is 26.2. The van der Waals surface area contributed by atoms with Gasteiger partial charge < -0.3 is 11.5 Å². The summed E-state index contributed by atoms with van der Waals surface area (Å²) in [5, 5.41) is 0. The van der Waals surface area contributed by atoms with Crippen molar-refractivity contribution in [3.63, 3.8) is 0 Å². The third-order valence-corrected chi connectivity index (χ3v) is 2.88. The predicted molar refractivity (Wildman–Crippen MR) is 62.1 cm³/mol. The Hall–Kier alpha value is -1.58. The highest BCUT2D eigenvalue weighted by Gasteiger charge is 2.17. The Morgan fingerprint density at radius 2 is 1.12 bits per heavy atom. The highest BCUT2D eigenvalue weighted by Crippen LogP contribution is 2.30. The van der Waals surface area contributed by atoms with Gasteiger partial charge in [0.15, 0.2) is 0 Å². The number of rotatable bonds is 4. The Bertz CT molecular complexity index is 281. The van der Waals surface area contributed by atoms with E-state index in [1.807, 2.05) is 12.2 Å². The van der Waals surface area contributed by atoms with Crippen LogP contribution in [0.5, 0.6) is 0 Å². The van der Waals surface area contributed by atoms with Gasteiger partial charge in [-0.05, 0) is 49.7 Å². The van der Waals surface area contributed by atoms with Gasteiger partial charge in [0.2, 0.25) is 11.8 Å².